The van der Waals surface area contributed by atoms with Gasteiger partial charge < -0.3 is 14.2 Å². The molecule has 3 atom stereocenters. The second kappa shape index (κ2) is 4.07. The topological polar surface area (TPSA) is 44.8 Å². The van der Waals surface area contributed by atoms with Crippen molar-refractivity contribution in [1.29, 1.82) is 0 Å². The Kier molecular flexibility index (Phi) is 3.27. The van der Waals surface area contributed by atoms with Gasteiger partial charge in [-0.3, -0.25) is 4.79 Å². The lowest BCUT2D eigenvalue weighted by molar-refractivity contribution is -0.183. The number of ether oxygens (including phenoxy) is 3. The molecule has 1 rings (SSSR count). The van der Waals surface area contributed by atoms with Gasteiger partial charge in [0.1, 0.15) is 0 Å². The quantitative estimate of drug-likeness (QED) is 0.485. The Bertz CT molecular complexity index is 188. The zero-order chi connectivity index (χ0) is 10.0. The second-order valence-electron chi connectivity index (χ2n) is 3.39. The van der Waals surface area contributed by atoms with E-state index in [1.807, 2.05) is 13.8 Å². The standard InChI is InChI=1S/C9H16O4/c1-5-6(2)8(10)13-7(5)9(11-3)12-4/h5-7,9H,1-4H3/t5?,6?,7-/m1/s1. The van der Waals surface area contributed by atoms with Crippen molar-refractivity contribution in [2.24, 2.45) is 11.8 Å². The van der Waals surface area contributed by atoms with E-state index >= 15 is 0 Å². The SMILES string of the molecule is COC(OC)[C@@H]1OC(=O)C(C)C1C. The third-order valence-corrected chi connectivity index (χ3v) is 2.66. The van der Waals surface area contributed by atoms with E-state index in [-0.39, 0.29) is 23.9 Å². The number of rotatable bonds is 3. The van der Waals surface area contributed by atoms with E-state index in [0.717, 1.165) is 0 Å². The minimum atomic E-state index is -0.455. The Morgan fingerprint density at radius 2 is 1.85 bits per heavy atom. The van der Waals surface area contributed by atoms with Crippen LogP contribution in [0.4, 0.5) is 0 Å². The zero-order valence-corrected chi connectivity index (χ0v) is 8.44. The molecule has 4 heteroatoms. The fourth-order valence-corrected chi connectivity index (χ4v) is 1.52. The van der Waals surface area contributed by atoms with Crippen LogP contribution in [0, 0.1) is 11.8 Å². The normalized spacial score (nSPS) is 33.9. The van der Waals surface area contributed by atoms with Crippen molar-refractivity contribution in [3.05, 3.63) is 0 Å². The first kappa shape index (κ1) is 10.5. The molecule has 2 unspecified atom stereocenters. The minimum absolute atomic E-state index is 0.0715. The number of esters is 1. The van der Waals surface area contributed by atoms with Crippen LogP contribution < -0.4 is 0 Å². The monoisotopic (exact) mass is 188 g/mol. The summed E-state index contributed by atoms with van der Waals surface area (Å²) in [4.78, 5) is 11.2. The maximum absolute atomic E-state index is 11.2. The van der Waals surface area contributed by atoms with Gasteiger partial charge in [-0.05, 0) is 0 Å². The van der Waals surface area contributed by atoms with E-state index in [1.165, 1.54) is 14.2 Å². The molecule has 0 aromatic rings. The first-order valence-electron chi connectivity index (χ1n) is 4.38. The highest BCUT2D eigenvalue weighted by Crippen LogP contribution is 2.30. The maximum atomic E-state index is 11.2. The number of carbonyl (C=O) groups is 1. The Morgan fingerprint density at radius 3 is 2.15 bits per heavy atom. The molecule has 0 aromatic carbocycles. The summed E-state index contributed by atoms with van der Waals surface area (Å²) in [5.41, 5.74) is 0. The molecular weight excluding hydrogens is 172 g/mol. The van der Waals surface area contributed by atoms with E-state index in [4.69, 9.17) is 14.2 Å². The summed E-state index contributed by atoms with van der Waals surface area (Å²) < 4.78 is 15.2. The molecule has 1 saturated heterocycles. The first-order valence-corrected chi connectivity index (χ1v) is 4.38. The van der Waals surface area contributed by atoms with Crippen LogP contribution in [0.5, 0.6) is 0 Å². The Labute approximate surface area is 78.2 Å². The number of hydrogen-bond acceptors (Lipinski definition) is 4. The largest absolute Gasteiger partial charge is 0.456 e. The van der Waals surface area contributed by atoms with Gasteiger partial charge in [-0.15, -0.1) is 0 Å². The fraction of sp³-hybridized carbons (Fsp3) is 0.889. The van der Waals surface area contributed by atoms with Gasteiger partial charge in [-0.25, -0.2) is 0 Å². The van der Waals surface area contributed by atoms with E-state index < -0.39 is 6.29 Å². The molecule has 0 aromatic heterocycles. The average molecular weight is 188 g/mol. The molecule has 0 bridgehead atoms. The molecule has 1 heterocycles. The molecule has 76 valence electrons. The average Bonchev–Trinajstić information content (AvgIpc) is 2.36. The van der Waals surface area contributed by atoms with Gasteiger partial charge in [0.2, 0.25) is 0 Å². The molecule has 0 spiro atoms. The van der Waals surface area contributed by atoms with Gasteiger partial charge in [0.05, 0.1) is 5.92 Å². The minimum Gasteiger partial charge on any atom is -0.456 e. The Morgan fingerprint density at radius 1 is 1.31 bits per heavy atom. The summed E-state index contributed by atoms with van der Waals surface area (Å²) in [5.74, 6) is -0.105. The first-order chi connectivity index (χ1) is 6.11. The van der Waals surface area contributed by atoms with Crippen LogP contribution in [0.3, 0.4) is 0 Å². The van der Waals surface area contributed by atoms with Crippen LogP contribution in [0.2, 0.25) is 0 Å². The van der Waals surface area contributed by atoms with Crippen molar-refractivity contribution < 1.29 is 19.0 Å². The third kappa shape index (κ3) is 1.84. The molecule has 1 aliphatic heterocycles. The highest BCUT2D eigenvalue weighted by Gasteiger charge is 2.43. The predicted molar refractivity (Wildman–Crippen MR) is 46.0 cm³/mol. The molecule has 0 amide bonds. The van der Waals surface area contributed by atoms with Gasteiger partial charge in [-0.2, -0.15) is 0 Å². The summed E-state index contributed by atoms with van der Waals surface area (Å²) in [7, 11) is 3.08. The van der Waals surface area contributed by atoms with Crippen LogP contribution in [0.15, 0.2) is 0 Å². The predicted octanol–water partition coefficient (Wildman–Crippen LogP) is 0.803. The lowest BCUT2D eigenvalue weighted by Crippen LogP contribution is -2.34. The van der Waals surface area contributed by atoms with Crippen LogP contribution in [-0.2, 0) is 19.0 Å². The van der Waals surface area contributed by atoms with Crippen LogP contribution in [-0.4, -0.2) is 32.6 Å². The van der Waals surface area contributed by atoms with E-state index in [9.17, 15) is 4.79 Å². The van der Waals surface area contributed by atoms with E-state index in [1.54, 1.807) is 0 Å². The highest BCUT2D eigenvalue weighted by atomic mass is 16.7. The van der Waals surface area contributed by atoms with E-state index in [2.05, 4.69) is 0 Å². The smallest absolute Gasteiger partial charge is 0.309 e. The fourth-order valence-electron chi connectivity index (χ4n) is 1.52. The molecule has 0 radical (unpaired) electrons. The van der Waals surface area contributed by atoms with Gasteiger partial charge >= 0.3 is 5.97 Å². The van der Waals surface area contributed by atoms with Crippen molar-refractivity contribution in [3.8, 4) is 0 Å². The summed E-state index contributed by atoms with van der Waals surface area (Å²) in [5, 5.41) is 0. The lowest BCUT2D eigenvalue weighted by atomic mass is 9.94. The zero-order valence-electron chi connectivity index (χ0n) is 8.44. The molecule has 1 aliphatic rings. The van der Waals surface area contributed by atoms with Crippen molar-refractivity contribution >= 4 is 5.97 Å². The van der Waals surface area contributed by atoms with Gasteiger partial charge in [0, 0.05) is 20.1 Å². The van der Waals surface area contributed by atoms with Crippen molar-refractivity contribution in [3.63, 3.8) is 0 Å². The van der Waals surface area contributed by atoms with Crippen molar-refractivity contribution in [1.82, 2.24) is 0 Å². The van der Waals surface area contributed by atoms with Crippen LogP contribution >= 0.6 is 0 Å². The number of carbonyl (C=O) groups excluding carboxylic acids is 1. The van der Waals surface area contributed by atoms with Crippen molar-refractivity contribution in [2.45, 2.75) is 26.2 Å². The molecular formula is C9H16O4. The number of methoxy groups -OCH3 is 2. The van der Waals surface area contributed by atoms with Crippen LogP contribution in [0.25, 0.3) is 0 Å². The second-order valence-corrected chi connectivity index (χ2v) is 3.39. The molecule has 4 nitrogen and oxygen atoms in total. The molecule has 0 N–H and O–H groups in total. The van der Waals surface area contributed by atoms with Crippen LogP contribution in [0.1, 0.15) is 13.8 Å². The highest BCUT2D eigenvalue weighted by molar-refractivity contribution is 5.74. The number of cyclic esters (lactones) is 1. The maximum Gasteiger partial charge on any atom is 0.309 e. The Hall–Kier alpha value is -0.610. The molecule has 13 heavy (non-hydrogen) atoms. The summed E-state index contributed by atoms with van der Waals surface area (Å²) in [6.45, 7) is 3.82. The molecule has 1 fully saturated rings. The summed E-state index contributed by atoms with van der Waals surface area (Å²) in [6, 6.07) is 0. The van der Waals surface area contributed by atoms with Gasteiger partial charge in [0.15, 0.2) is 12.4 Å². The molecule has 0 saturated carbocycles. The van der Waals surface area contributed by atoms with E-state index in [0.29, 0.717) is 0 Å². The third-order valence-electron chi connectivity index (χ3n) is 2.66. The molecule has 0 aliphatic carbocycles. The van der Waals surface area contributed by atoms with Gasteiger partial charge in [-0.1, -0.05) is 13.8 Å². The Balaban J connectivity index is 2.66. The van der Waals surface area contributed by atoms with Gasteiger partial charge in [0.25, 0.3) is 0 Å². The lowest BCUT2D eigenvalue weighted by Gasteiger charge is -2.22. The summed E-state index contributed by atoms with van der Waals surface area (Å²) in [6.07, 6.45) is -0.735. The number of hydrogen-bond donors (Lipinski definition) is 0. The summed E-state index contributed by atoms with van der Waals surface area (Å²) >= 11 is 0. The van der Waals surface area contributed by atoms with Crippen molar-refractivity contribution in [2.75, 3.05) is 14.2 Å².